The summed E-state index contributed by atoms with van der Waals surface area (Å²) in [5.41, 5.74) is 1.79. The molecule has 1 aromatic rings. The topological polar surface area (TPSA) is 75.6 Å². The van der Waals surface area contributed by atoms with Gasteiger partial charge in [0.05, 0.1) is 13.5 Å². The second kappa shape index (κ2) is 6.05. The Labute approximate surface area is 106 Å². The second-order valence-corrected chi connectivity index (χ2v) is 4.10. The summed E-state index contributed by atoms with van der Waals surface area (Å²) in [6.07, 6.45) is 0.160. The van der Waals surface area contributed by atoms with Crippen LogP contribution in [-0.4, -0.2) is 30.1 Å². The van der Waals surface area contributed by atoms with E-state index in [1.165, 1.54) is 6.92 Å². The molecule has 1 rings (SSSR count). The Morgan fingerprint density at radius 3 is 2.61 bits per heavy atom. The van der Waals surface area contributed by atoms with Crippen LogP contribution in [-0.2, 0) is 16.0 Å². The molecule has 18 heavy (non-hydrogen) atoms. The minimum atomic E-state index is -1.05. The van der Waals surface area contributed by atoms with E-state index in [-0.39, 0.29) is 12.3 Å². The molecule has 0 heterocycles. The molecule has 0 saturated carbocycles. The molecule has 1 atom stereocenters. The maximum atomic E-state index is 11.6. The summed E-state index contributed by atoms with van der Waals surface area (Å²) in [6, 6.07) is 4.54. The van der Waals surface area contributed by atoms with E-state index >= 15 is 0 Å². The summed E-state index contributed by atoms with van der Waals surface area (Å²) in [5, 5.41) is 11.1. The number of nitrogens with one attached hydrogen (secondary N) is 1. The lowest BCUT2D eigenvalue weighted by Crippen LogP contribution is -2.39. The lowest BCUT2D eigenvalue weighted by atomic mass is 10.0. The largest absolute Gasteiger partial charge is 0.497 e. The molecule has 0 spiro atoms. The molecule has 1 amide bonds. The van der Waals surface area contributed by atoms with Gasteiger partial charge in [-0.15, -0.1) is 0 Å². The Hall–Kier alpha value is -2.04. The van der Waals surface area contributed by atoms with Gasteiger partial charge in [-0.25, -0.2) is 0 Å². The average Bonchev–Trinajstić information content (AvgIpc) is 2.31. The molecule has 0 bridgehead atoms. The molecule has 0 aliphatic heterocycles. The number of benzene rings is 1. The van der Waals surface area contributed by atoms with E-state index in [1.54, 1.807) is 19.2 Å². The Bertz CT molecular complexity index is 456. The zero-order chi connectivity index (χ0) is 13.7. The fourth-order valence-electron chi connectivity index (χ4n) is 1.52. The highest BCUT2D eigenvalue weighted by Gasteiger charge is 2.14. The lowest BCUT2D eigenvalue weighted by molar-refractivity contribution is -0.141. The molecule has 98 valence electrons. The third-order valence-corrected chi connectivity index (χ3v) is 2.65. The van der Waals surface area contributed by atoms with Crippen LogP contribution in [0.15, 0.2) is 18.2 Å². The third kappa shape index (κ3) is 3.76. The average molecular weight is 251 g/mol. The zero-order valence-corrected chi connectivity index (χ0v) is 10.7. The van der Waals surface area contributed by atoms with Crippen molar-refractivity contribution < 1.29 is 19.4 Å². The standard InChI is InChI=1S/C13H17NO4/c1-8-6-11(18-3)5-4-10(8)7-12(15)14-9(2)13(16)17/h4-6,9H,7H2,1-3H3,(H,14,15)(H,16,17)/t9-/m0/s1. The number of aryl methyl sites for hydroxylation is 1. The van der Waals surface area contributed by atoms with Crippen LogP contribution in [0.3, 0.4) is 0 Å². The number of carboxylic acid groups (broad SMARTS) is 1. The van der Waals surface area contributed by atoms with Gasteiger partial charge in [-0.1, -0.05) is 6.07 Å². The van der Waals surface area contributed by atoms with Crippen molar-refractivity contribution in [3.05, 3.63) is 29.3 Å². The summed E-state index contributed by atoms with van der Waals surface area (Å²) in [5.74, 6) is -0.622. The maximum absolute atomic E-state index is 11.6. The van der Waals surface area contributed by atoms with E-state index in [1.807, 2.05) is 13.0 Å². The van der Waals surface area contributed by atoms with Gasteiger partial charge in [-0.3, -0.25) is 9.59 Å². The summed E-state index contributed by atoms with van der Waals surface area (Å²) in [7, 11) is 1.58. The van der Waals surface area contributed by atoms with Crippen LogP contribution in [0.25, 0.3) is 0 Å². The van der Waals surface area contributed by atoms with Crippen molar-refractivity contribution in [1.82, 2.24) is 5.32 Å². The molecule has 0 unspecified atom stereocenters. The van der Waals surface area contributed by atoms with Crippen LogP contribution in [0.1, 0.15) is 18.1 Å². The van der Waals surface area contributed by atoms with E-state index in [0.717, 1.165) is 16.9 Å². The van der Waals surface area contributed by atoms with Gasteiger partial charge in [-0.05, 0) is 37.1 Å². The van der Waals surface area contributed by atoms with Crippen molar-refractivity contribution in [1.29, 1.82) is 0 Å². The third-order valence-electron chi connectivity index (χ3n) is 2.65. The number of methoxy groups -OCH3 is 1. The van der Waals surface area contributed by atoms with Crippen molar-refractivity contribution >= 4 is 11.9 Å². The number of carbonyl (C=O) groups excluding carboxylic acids is 1. The van der Waals surface area contributed by atoms with E-state index in [4.69, 9.17) is 9.84 Å². The number of hydrogen-bond acceptors (Lipinski definition) is 3. The number of rotatable bonds is 5. The van der Waals surface area contributed by atoms with Gasteiger partial charge in [0.1, 0.15) is 11.8 Å². The number of carbonyl (C=O) groups is 2. The summed E-state index contributed by atoms with van der Waals surface area (Å²) < 4.78 is 5.07. The van der Waals surface area contributed by atoms with Gasteiger partial charge >= 0.3 is 5.97 Å². The van der Waals surface area contributed by atoms with Crippen molar-refractivity contribution in [3.63, 3.8) is 0 Å². The van der Waals surface area contributed by atoms with Crippen molar-refractivity contribution in [2.75, 3.05) is 7.11 Å². The number of carboxylic acids is 1. The molecule has 0 fully saturated rings. The molecule has 1 aromatic carbocycles. The molecule has 5 heteroatoms. The predicted octanol–water partition coefficient (Wildman–Crippen LogP) is 1.14. The maximum Gasteiger partial charge on any atom is 0.325 e. The van der Waals surface area contributed by atoms with Crippen molar-refractivity contribution in [2.24, 2.45) is 0 Å². The van der Waals surface area contributed by atoms with Crippen LogP contribution in [0.2, 0.25) is 0 Å². The first-order chi connectivity index (χ1) is 8.43. The van der Waals surface area contributed by atoms with E-state index < -0.39 is 12.0 Å². The van der Waals surface area contributed by atoms with Gasteiger partial charge in [0.2, 0.25) is 5.91 Å². The highest BCUT2D eigenvalue weighted by Crippen LogP contribution is 2.17. The number of aliphatic carboxylic acids is 1. The smallest absolute Gasteiger partial charge is 0.325 e. The van der Waals surface area contributed by atoms with Crippen molar-refractivity contribution in [3.8, 4) is 5.75 Å². The molecule has 2 N–H and O–H groups in total. The molecule has 0 radical (unpaired) electrons. The molecule has 0 aliphatic rings. The highest BCUT2D eigenvalue weighted by atomic mass is 16.5. The Balaban J connectivity index is 2.67. The monoisotopic (exact) mass is 251 g/mol. The van der Waals surface area contributed by atoms with E-state index in [0.29, 0.717) is 0 Å². The van der Waals surface area contributed by atoms with Gasteiger partial charge in [-0.2, -0.15) is 0 Å². The van der Waals surface area contributed by atoms with Gasteiger partial charge in [0.25, 0.3) is 0 Å². The molecular weight excluding hydrogens is 234 g/mol. The summed E-state index contributed by atoms with van der Waals surface area (Å²) in [6.45, 7) is 3.31. The lowest BCUT2D eigenvalue weighted by Gasteiger charge is -2.11. The number of hydrogen-bond donors (Lipinski definition) is 2. The Morgan fingerprint density at radius 2 is 2.11 bits per heavy atom. The number of amides is 1. The predicted molar refractivity (Wildman–Crippen MR) is 66.7 cm³/mol. The van der Waals surface area contributed by atoms with Crippen LogP contribution in [0, 0.1) is 6.92 Å². The fourth-order valence-corrected chi connectivity index (χ4v) is 1.52. The Morgan fingerprint density at radius 1 is 1.44 bits per heavy atom. The van der Waals surface area contributed by atoms with Crippen LogP contribution < -0.4 is 10.1 Å². The molecule has 0 aromatic heterocycles. The molecular formula is C13H17NO4. The summed E-state index contributed by atoms with van der Waals surface area (Å²) >= 11 is 0. The zero-order valence-electron chi connectivity index (χ0n) is 10.7. The summed E-state index contributed by atoms with van der Waals surface area (Å²) in [4.78, 5) is 22.2. The first-order valence-corrected chi connectivity index (χ1v) is 5.59. The van der Waals surface area contributed by atoms with Crippen LogP contribution in [0.4, 0.5) is 0 Å². The van der Waals surface area contributed by atoms with Crippen LogP contribution in [0.5, 0.6) is 5.75 Å². The van der Waals surface area contributed by atoms with Crippen molar-refractivity contribution in [2.45, 2.75) is 26.3 Å². The van der Waals surface area contributed by atoms with E-state index in [2.05, 4.69) is 5.32 Å². The van der Waals surface area contributed by atoms with Gasteiger partial charge in [0, 0.05) is 0 Å². The number of ether oxygens (including phenoxy) is 1. The second-order valence-electron chi connectivity index (χ2n) is 4.10. The highest BCUT2D eigenvalue weighted by molar-refractivity contribution is 5.84. The molecule has 0 aliphatic carbocycles. The quantitative estimate of drug-likeness (QED) is 0.822. The SMILES string of the molecule is COc1ccc(CC(=O)N[C@@H](C)C(=O)O)c(C)c1. The first-order valence-electron chi connectivity index (χ1n) is 5.59. The fraction of sp³-hybridized carbons (Fsp3) is 0.385. The first kappa shape index (κ1) is 14.0. The Kier molecular flexibility index (Phi) is 4.71. The van der Waals surface area contributed by atoms with E-state index in [9.17, 15) is 9.59 Å². The molecule has 5 nitrogen and oxygen atoms in total. The van der Waals surface area contributed by atoms with Gasteiger partial charge < -0.3 is 15.2 Å². The minimum absolute atomic E-state index is 0.160. The normalized spacial score (nSPS) is 11.7. The molecule has 0 saturated heterocycles. The van der Waals surface area contributed by atoms with Gasteiger partial charge in [0.15, 0.2) is 0 Å². The van der Waals surface area contributed by atoms with Crippen LogP contribution >= 0.6 is 0 Å². The minimum Gasteiger partial charge on any atom is -0.497 e.